The van der Waals surface area contributed by atoms with Crippen molar-refractivity contribution in [3.63, 3.8) is 0 Å². The van der Waals surface area contributed by atoms with Crippen LogP contribution in [-0.4, -0.2) is 18.8 Å². The van der Waals surface area contributed by atoms with Crippen LogP contribution in [0.25, 0.3) is 0 Å². The van der Waals surface area contributed by atoms with Crippen molar-refractivity contribution in [3.05, 3.63) is 0 Å². The lowest BCUT2D eigenvalue weighted by Gasteiger charge is -2.32. The van der Waals surface area contributed by atoms with Crippen LogP contribution in [0.2, 0.25) is 0 Å². The highest BCUT2D eigenvalue weighted by atomic mass is 16.5. The summed E-state index contributed by atoms with van der Waals surface area (Å²) in [5.41, 5.74) is 5.65. The van der Waals surface area contributed by atoms with Crippen molar-refractivity contribution >= 4 is 0 Å². The number of nitrogens with two attached hydrogens (primary N) is 1. The Balaban J connectivity index is 2.21. The smallest absolute Gasteiger partial charge is 0.0618 e. The summed E-state index contributed by atoms with van der Waals surface area (Å²) in [6.07, 6.45) is 4.22. The fourth-order valence-corrected chi connectivity index (χ4v) is 1.94. The molecule has 3 unspecified atom stereocenters. The van der Waals surface area contributed by atoms with Crippen LogP contribution < -0.4 is 5.73 Å². The SMILES string of the molecule is CC1CCC(OC[C@H](C)N)CC1C. The Labute approximate surface area is 81.8 Å². The van der Waals surface area contributed by atoms with Gasteiger partial charge in [-0.3, -0.25) is 0 Å². The van der Waals surface area contributed by atoms with Crippen LogP contribution in [0.15, 0.2) is 0 Å². The van der Waals surface area contributed by atoms with Gasteiger partial charge in [0.05, 0.1) is 12.7 Å². The summed E-state index contributed by atoms with van der Waals surface area (Å²) in [5, 5.41) is 0. The second-order valence-electron chi connectivity index (χ2n) is 4.70. The standard InChI is InChI=1S/C11H23NO/c1-8-4-5-11(6-9(8)2)13-7-10(3)12/h8-11H,4-7,12H2,1-3H3/t8?,9?,10-,11?/m0/s1. The molecule has 0 aliphatic heterocycles. The zero-order valence-corrected chi connectivity index (χ0v) is 9.12. The van der Waals surface area contributed by atoms with E-state index in [0.717, 1.165) is 11.8 Å². The van der Waals surface area contributed by atoms with Crippen LogP contribution in [0.3, 0.4) is 0 Å². The molecule has 0 spiro atoms. The molecule has 1 fully saturated rings. The zero-order chi connectivity index (χ0) is 9.84. The molecular weight excluding hydrogens is 162 g/mol. The first-order valence-electron chi connectivity index (χ1n) is 5.46. The van der Waals surface area contributed by atoms with Gasteiger partial charge in [-0.2, -0.15) is 0 Å². The summed E-state index contributed by atoms with van der Waals surface area (Å²) in [7, 11) is 0. The number of ether oxygens (including phenoxy) is 1. The molecule has 2 heteroatoms. The van der Waals surface area contributed by atoms with Crippen molar-refractivity contribution < 1.29 is 4.74 Å². The van der Waals surface area contributed by atoms with Gasteiger partial charge in [-0.25, -0.2) is 0 Å². The van der Waals surface area contributed by atoms with Gasteiger partial charge in [-0.05, 0) is 38.0 Å². The topological polar surface area (TPSA) is 35.2 Å². The molecule has 1 aliphatic rings. The third kappa shape index (κ3) is 3.65. The van der Waals surface area contributed by atoms with Gasteiger partial charge >= 0.3 is 0 Å². The molecule has 0 aromatic carbocycles. The minimum Gasteiger partial charge on any atom is -0.377 e. The van der Waals surface area contributed by atoms with E-state index in [2.05, 4.69) is 13.8 Å². The maximum Gasteiger partial charge on any atom is 0.0618 e. The Morgan fingerprint density at radius 1 is 1.31 bits per heavy atom. The highest BCUT2D eigenvalue weighted by Crippen LogP contribution is 2.30. The van der Waals surface area contributed by atoms with Crippen molar-refractivity contribution in [2.24, 2.45) is 17.6 Å². The second-order valence-corrected chi connectivity index (χ2v) is 4.70. The molecule has 0 saturated heterocycles. The molecule has 0 heterocycles. The maximum absolute atomic E-state index is 5.74. The predicted octanol–water partition coefficient (Wildman–Crippen LogP) is 2.17. The summed E-state index contributed by atoms with van der Waals surface area (Å²) in [6, 6.07) is 0.176. The van der Waals surface area contributed by atoms with Crippen LogP contribution in [0, 0.1) is 11.8 Å². The van der Waals surface area contributed by atoms with Gasteiger partial charge in [0.25, 0.3) is 0 Å². The molecule has 2 N–H and O–H groups in total. The fraction of sp³-hybridized carbons (Fsp3) is 1.00. The lowest BCUT2D eigenvalue weighted by Crippen LogP contribution is -2.31. The van der Waals surface area contributed by atoms with Crippen LogP contribution in [0.5, 0.6) is 0 Å². The first-order chi connectivity index (χ1) is 6.09. The van der Waals surface area contributed by atoms with E-state index in [-0.39, 0.29) is 6.04 Å². The summed E-state index contributed by atoms with van der Waals surface area (Å²) in [4.78, 5) is 0. The quantitative estimate of drug-likeness (QED) is 0.731. The molecule has 0 aromatic rings. The van der Waals surface area contributed by atoms with Crippen LogP contribution >= 0.6 is 0 Å². The molecular formula is C11H23NO. The van der Waals surface area contributed by atoms with Crippen LogP contribution in [0.1, 0.15) is 40.0 Å². The molecule has 1 rings (SSSR count). The Kier molecular flexibility index (Phi) is 4.20. The Bertz CT molecular complexity index is 147. The minimum atomic E-state index is 0.176. The first kappa shape index (κ1) is 11.0. The van der Waals surface area contributed by atoms with Gasteiger partial charge in [0.1, 0.15) is 0 Å². The first-order valence-corrected chi connectivity index (χ1v) is 5.46. The van der Waals surface area contributed by atoms with Gasteiger partial charge in [0.2, 0.25) is 0 Å². The third-order valence-electron chi connectivity index (χ3n) is 3.14. The van der Waals surface area contributed by atoms with Crippen LogP contribution in [0.4, 0.5) is 0 Å². The summed E-state index contributed by atoms with van der Waals surface area (Å²) in [6.45, 7) is 7.37. The molecule has 78 valence electrons. The van der Waals surface area contributed by atoms with E-state index in [1.807, 2.05) is 6.92 Å². The number of hydrogen-bond donors (Lipinski definition) is 1. The Hall–Kier alpha value is -0.0800. The molecule has 13 heavy (non-hydrogen) atoms. The third-order valence-corrected chi connectivity index (χ3v) is 3.14. The highest BCUT2D eigenvalue weighted by Gasteiger charge is 2.24. The van der Waals surface area contributed by atoms with E-state index >= 15 is 0 Å². The minimum absolute atomic E-state index is 0.176. The van der Waals surface area contributed by atoms with Crippen molar-refractivity contribution in [2.45, 2.75) is 52.2 Å². The van der Waals surface area contributed by atoms with E-state index in [1.54, 1.807) is 0 Å². The fourth-order valence-electron chi connectivity index (χ4n) is 1.94. The van der Waals surface area contributed by atoms with Crippen molar-refractivity contribution in [1.29, 1.82) is 0 Å². The van der Waals surface area contributed by atoms with Crippen molar-refractivity contribution in [2.75, 3.05) is 6.61 Å². The largest absolute Gasteiger partial charge is 0.377 e. The Morgan fingerprint density at radius 3 is 2.54 bits per heavy atom. The van der Waals surface area contributed by atoms with Crippen molar-refractivity contribution in [3.8, 4) is 0 Å². The molecule has 1 aliphatic carbocycles. The average molecular weight is 185 g/mol. The Morgan fingerprint density at radius 2 is 2.00 bits per heavy atom. The van der Waals surface area contributed by atoms with E-state index in [0.29, 0.717) is 12.7 Å². The van der Waals surface area contributed by atoms with E-state index in [4.69, 9.17) is 10.5 Å². The summed E-state index contributed by atoms with van der Waals surface area (Å²) >= 11 is 0. The van der Waals surface area contributed by atoms with Gasteiger partial charge in [0.15, 0.2) is 0 Å². The van der Waals surface area contributed by atoms with Crippen molar-refractivity contribution in [1.82, 2.24) is 0 Å². The molecule has 0 aromatic heterocycles. The molecule has 4 atom stereocenters. The average Bonchev–Trinajstić information content (AvgIpc) is 2.07. The van der Waals surface area contributed by atoms with Gasteiger partial charge in [-0.1, -0.05) is 13.8 Å². The maximum atomic E-state index is 5.74. The highest BCUT2D eigenvalue weighted by molar-refractivity contribution is 4.75. The number of hydrogen-bond acceptors (Lipinski definition) is 2. The van der Waals surface area contributed by atoms with E-state index in [1.165, 1.54) is 19.3 Å². The van der Waals surface area contributed by atoms with Gasteiger partial charge < -0.3 is 10.5 Å². The van der Waals surface area contributed by atoms with Gasteiger partial charge in [-0.15, -0.1) is 0 Å². The summed E-state index contributed by atoms with van der Waals surface area (Å²) < 4.78 is 5.74. The van der Waals surface area contributed by atoms with Crippen LogP contribution in [-0.2, 0) is 4.74 Å². The summed E-state index contributed by atoms with van der Waals surface area (Å²) in [5.74, 6) is 1.68. The lowest BCUT2D eigenvalue weighted by molar-refractivity contribution is -0.00171. The van der Waals surface area contributed by atoms with E-state index < -0.39 is 0 Å². The van der Waals surface area contributed by atoms with E-state index in [9.17, 15) is 0 Å². The molecule has 0 bridgehead atoms. The monoisotopic (exact) mass is 185 g/mol. The number of rotatable bonds is 3. The molecule has 0 radical (unpaired) electrons. The zero-order valence-electron chi connectivity index (χ0n) is 9.12. The predicted molar refractivity (Wildman–Crippen MR) is 55.6 cm³/mol. The molecule has 0 amide bonds. The lowest BCUT2D eigenvalue weighted by atomic mass is 9.80. The second kappa shape index (κ2) is 4.97. The normalized spacial score (nSPS) is 37.4. The van der Waals surface area contributed by atoms with Gasteiger partial charge in [0, 0.05) is 6.04 Å². The molecule has 1 saturated carbocycles. The molecule has 2 nitrogen and oxygen atoms in total.